The summed E-state index contributed by atoms with van der Waals surface area (Å²) in [5.74, 6) is 12.5. The van der Waals surface area contributed by atoms with Gasteiger partial charge in [-0.25, -0.2) is 21.7 Å². The average Bonchev–Trinajstić information content (AvgIpc) is 2.97. The molecule has 6 rings (SSSR count). The first-order chi connectivity index (χ1) is 17.8. The summed E-state index contributed by atoms with van der Waals surface area (Å²) in [6, 6.07) is 40.4. The van der Waals surface area contributed by atoms with Gasteiger partial charge >= 0.3 is 0 Å². The molecule has 0 amide bonds. The van der Waals surface area contributed by atoms with Crippen molar-refractivity contribution >= 4 is 33.2 Å². The van der Waals surface area contributed by atoms with E-state index in [-0.39, 0.29) is 0 Å². The number of nitrogens with two attached hydrogens (primary N) is 2. The fraction of sp³-hybridized carbons (Fsp3) is 0. The minimum absolute atomic E-state index is 0.701. The number of nitrogens with one attached hydrogen (secondary N) is 2. The Morgan fingerprint density at radius 1 is 0.444 bits per heavy atom. The second kappa shape index (κ2) is 10.7. The first kappa shape index (κ1) is 23.0. The molecule has 4 aromatic carbocycles. The van der Waals surface area contributed by atoms with E-state index in [1.165, 1.54) is 0 Å². The van der Waals surface area contributed by atoms with E-state index in [1.807, 2.05) is 97.1 Å². The van der Waals surface area contributed by atoms with Gasteiger partial charge in [-0.2, -0.15) is 0 Å². The number of nitrogen functional groups attached to an aromatic ring is 2. The molecule has 6 nitrogen and oxygen atoms in total. The molecule has 2 heterocycles. The number of hydrogen-bond acceptors (Lipinski definition) is 6. The molecule has 0 aliphatic carbocycles. The third kappa shape index (κ3) is 4.86. The molecule has 6 aromatic rings. The Kier molecular flexibility index (Phi) is 6.80. The number of anilines is 2. The van der Waals surface area contributed by atoms with Crippen LogP contribution in [0, 0.1) is 0 Å². The SMILES string of the molecule is NNc1nc(-c2ccccc2)cc2ccccc12.NNc1nc(-c2ccccc2)cc2ccccc12. The molecule has 0 atom stereocenters. The zero-order chi connectivity index (χ0) is 24.7. The van der Waals surface area contributed by atoms with Crippen LogP contribution in [-0.2, 0) is 0 Å². The summed E-state index contributed by atoms with van der Waals surface area (Å²) in [6.07, 6.45) is 0. The van der Waals surface area contributed by atoms with Gasteiger partial charge < -0.3 is 10.9 Å². The molecule has 6 heteroatoms. The van der Waals surface area contributed by atoms with E-state index >= 15 is 0 Å². The van der Waals surface area contributed by atoms with Gasteiger partial charge in [-0.1, -0.05) is 109 Å². The Morgan fingerprint density at radius 2 is 0.806 bits per heavy atom. The second-order valence-electron chi connectivity index (χ2n) is 8.18. The quantitative estimate of drug-likeness (QED) is 0.176. The molecule has 0 spiro atoms. The van der Waals surface area contributed by atoms with Crippen LogP contribution in [-0.4, -0.2) is 9.97 Å². The van der Waals surface area contributed by atoms with Gasteiger partial charge in [0.15, 0.2) is 0 Å². The van der Waals surface area contributed by atoms with Crippen LogP contribution in [0.2, 0.25) is 0 Å². The zero-order valence-corrected chi connectivity index (χ0v) is 19.6. The number of benzene rings is 4. The smallest absolute Gasteiger partial charge is 0.148 e. The van der Waals surface area contributed by atoms with E-state index in [9.17, 15) is 0 Å². The molecule has 0 bridgehead atoms. The van der Waals surface area contributed by atoms with Gasteiger partial charge in [0.25, 0.3) is 0 Å². The van der Waals surface area contributed by atoms with Crippen molar-refractivity contribution in [3.8, 4) is 22.5 Å². The van der Waals surface area contributed by atoms with E-state index in [1.54, 1.807) is 0 Å². The Morgan fingerprint density at radius 3 is 1.19 bits per heavy atom. The van der Waals surface area contributed by atoms with Crippen molar-refractivity contribution in [1.29, 1.82) is 0 Å². The molecule has 0 saturated heterocycles. The first-order valence-corrected chi connectivity index (χ1v) is 11.6. The van der Waals surface area contributed by atoms with Gasteiger partial charge in [-0.15, -0.1) is 0 Å². The molecule has 176 valence electrons. The van der Waals surface area contributed by atoms with Crippen molar-refractivity contribution in [2.24, 2.45) is 11.7 Å². The van der Waals surface area contributed by atoms with Crippen molar-refractivity contribution in [1.82, 2.24) is 9.97 Å². The fourth-order valence-electron chi connectivity index (χ4n) is 4.13. The standard InChI is InChI=1S/2C15H13N3/c2*16-18-15-13-9-5-4-8-12(13)10-14(17-15)11-6-2-1-3-7-11/h2*1-10H,16H2,(H,17,18). The molecular weight excluding hydrogens is 444 g/mol. The van der Waals surface area contributed by atoms with E-state index in [2.05, 4.69) is 45.1 Å². The number of pyridine rings is 2. The number of fused-ring (bicyclic) bond motifs is 2. The van der Waals surface area contributed by atoms with Crippen LogP contribution in [0.15, 0.2) is 121 Å². The van der Waals surface area contributed by atoms with Gasteiger partial charge in [0.1, 0.15) is 11.6 Å². The Balaban J connectivity index is 0.000000148. The Labute approximate surface area is 209 Å². The maximum Gasteiger partial charge on any atom is 0.148 e. The molecule has 0 aliphatic heterocycles. The van der Waals surface area contributed by atoms with Gasteiger partial charge in [0, 0.05) is 21.9 Å². The second-order valence-corrected chi connectivity index (χ2v) is 8.18. The Bertz CT molecular complexity index is 1480. The number of nitrogens with zero attached hydrogens (tertiary/aromatic N) is 2. The van der Waals surface area contributed by atoms with Crippen molar-refractivity contribution < 1.29 is 0 Å². The highest BCUT2D eigenvalue weighted by molar-refractivity contribution is 5.95. The molecule has 36 heavy (non-hydrogen) atoms. The van der Waals surface area contributed by atoms with Crippen LogP contribution in [0.3, 0.4) is 0 Å². The van der Waals surface area contributed by atoms with Gasteiger partial charge in [-0.05, 0) is 22.9 Å². The Hall–Kier alpha value is -4.78. The predicted octanol–water partition coefficient (Wildman–Crippen LogP) is 6.37. The number of hydrogen-bond donors (Lipinski definition) is 4. The van der Waals surface area contributed by atoms with Gasteiger partial charge in [0.05, 0.1) is 11.4 Å². The fourth-order valence-corrected chi connectivity index (χ4v) is 4.13. The summed E-state index contributed by atoms with van der Waals surface area (Å²) < 4.78 is 0. The number of rotatable bonds is 4. The van der Waals surface area contributed by atoms with E-state index in [0.29, 0.717) is 11.6 Å². The first-order valence-electron chi connectivity index (χ1n) is 11.6. The minimum atomic E-state index is 0.701. The van der Waals surface area contributed by atoms with E-state index < -0.39 is 0 Å². The van der Waals surface area contributed by atoms with Crippen molar-refractivity contribution in [3.63, 3.8) is 0 Å². The molecule has 0 aliphatic rings. The maximum absolute atomic E-state index is 5.55. The van der Waals surface area contributed by atoms with E-state index in [0.717, 1.165) is 44.1 Å². The highest BCUT2D eigenvalue weighted by atomic mass is 15.3. The highest BCUT2D eigenvalue weighted by Crippen LogP contribution is 2.28. The van der Waals surface area contributed by atoms with Crippen LogP contribution < -0.4 is 22.5 Å². The summed E-state index contributed by atoms with van der Waals surface area (Å²) in [6.45, 7) is 0. The summed E-state index contributed by atoms with van der Waals surface area (Å²) in [4.78, 5) is 9.11. The molecule has 2 aromatic heterocycles. The van der Waals surface area contributed by atoms with Crippen molar-refractivity contribution in [2.45, 2.75) is 0 Å². The van der Waals surface area contributed by atoms with Crippen LogP contribution in [0.4, 0.5) is 11.6 Å². The lowest BCUT2D eigenvalue weighted by Crippen LogP contribution is -2.09. The predicted molar refractivity (Wildman–Crippen MR) is 150 cm³/mol. The van der Waals surface area contributed by atoms with Crippen LogP contribution in [0.1, 0.15) is 0 Å². The molecule has 0 unspecified atom stereocenters. The monoisotopic (exact) mass is 470 g/mol. The van der Waals surface area contributed by atoms with Crippen molar-refractivity contribution in [2.75, 3.05) is 10.9 Å². The zero-order valence-electron chi connectivity index (χ0n) is 19.6. The van der Waals surface area contributed by atoms with Crippen LogP contribution in [0.5, 0.6) is 0 Å². The highest BCUT2D eigenvalue weighted by Gasteiger charge is 2.07. The third-order valence-corrected chi connectivity index (χ3v) is 5.89. The average molecular weight is 471 g/mol. The maximum atomic E-state index is 5.55. The van der Waals surface area contributed by atoms with Crippen LogP contribution >= 0.6 is 0 Å². The number of aromatic nitrogens is 2. The van der Waals surface area contributed by atoms with Crippen molar-refractivity contribution in [3.05, 3.63) is 121 Å². The molecule has 0 radical (unpaired) electrons. The van der Waals surface area contributed by atoms with Crippen LogP contribution in [0.25, 0.3) is 44.1 Å². The minimum Gasteiger partial charge on any atom is -0.308 e. The van der Waals surface area contributed by atoms with E-state index in [4.69, 9.17) is 11.7 Å². The molecule has 0 fully saturated rings. The molecule has 0 saturated carbocycles. The number of hydrazine groups is 2. The lowest BCUT2D eigenvalue weighted by Gasteiger charge is -2.08. The lowest BCUT2D eigenvalue weighted by atomic mass is 10.1. The lowest BCUT2D eigenvalue weighted by molar-refractivity contribution is 1.25. The van der Waals surface area contributed by atoms with Gasteiger partial charge in [-0.3, -0.25) is 0 Å². The molecular formula is C30H26N6. The largest absolute Gasteiger partial charge is 0.308 e. The topological polar surface area (TPSA) is 102 Å². The molecule has 6 N–H and O–H groups in total. The summed E-state index contributed by atoms with van der Waals surface area (Å²) in [5.41, 5.74) is 9.34. The normalized spacial score (nSPS) is 10.5. The summed E-state index contributed by atoms with van der Waals surface area (Å²) in [5, 5.41) is 4.30. The van der Waals surface area contributed by atoms with Gasteiger partial charge in [0.2, 0.25) is 0 Å². The summed E-state index contributed by atoms with van der Waals surface area (Å²) >= 11 is 0. The third-order valence-electron chi connectivity index (χ3n) is 5.89. The summed E-state index contributed by atoms with van der Waals surface area (Å²) in [7, 11) is 0.